The van der Waals surface area contributed by atoms with Crippen LogP contribution in [0.4, 0.5) is 5.69 Å². The maximum Gasteiger partial charge on any atom is 0.326 e. The number of aromatic nitrogens is 2. The Kier molecular flexibility index (Phi) is 3.73. The topological polar surface area (TPSA) is 103 Å². The van der Waals surface area contributed by atoms with Crippen LogP contribution >= 0.6 is 0 Å². The van der Waals surface area contributed by atoms with E-state index in [1.165, 1.54) is 22.5 Å². The Labute approximate surface area is 149 Å². The number of rotatable bonds is 3. The fourth-order valence-corrected chi connectivity index (χ4v) is 5.03. The number of benzene rings is 2. The van der Waals surface area contributed by atoms with Crippen molar-refractivity contribution in [3.05, 3.63) is 68.4 Å². The predicted molar refractivity (Wildman–Crippen MR) is 99.2 cm³/mol. The molecule has 1 aliphatic heterocycles. The van der Waals surface area contributed by atoms with Crippen molar-refractivity contribution in [1.82, 2.24) is 9.97 Å². The SMILES string of the molecule is CCc1cccc2c1N(S(=O)(=O)c1ccc3[nH]c(=O)[nH]c(=O)c3c1)CC2. The standard InChI is InChI=1S/C18H17N3O4S/c1-2-11-4-3-5-12-8-9-21(16(11)12)26(24,25)13-6-7-15-14(10-13)17(22)20-18(23)19-15/h3-7,10H,2,8-9H2,1H3,(H2,19,20,22,23). The van der Waals surface area contributed by atoms with Gasteiger partial charge in [-0.05, 0) is 42.2 Å². The maximum absolute atomic E-state index is 13.2. The summed E-state index contributed by atoms with van der Waals surface area (Å²) >= 11 is 0. The van der Waals surface area contributed by atoms with E-state index >= 15 is 0 Å². The number of aromatic amines is 2. The van der Waals surface area contributed by atoms with Crippen LogP contribution in [0.1, 0.15) is 18.1 Å². The molecule has 0 aliphatic carbocycles. The van der Waals surface area contributed by atoms with E-state index in [9.17, 15) is 18.0 Å². The number of hydrogen-bond donors (Lipinski definition) is 2. The lowest BCUT2D eigenvalue weighted by Crippen LogP contribution is -2.30. The van der Waals surface area contributed by atoms with E-state index < -0.39 is 21.3 Å². The van der Waals surface area contributed by atoms with Gasteiger partial charge in [-0.2, -0.15) is 0 Å². The molecule has 1 aliphatic rings. The number of sulfonamides is 1. The van der Waals surface area contributed by atoms with Gasteiger partial charge in [-0.25, -0.2) is 13.2 Å². The number of fused-ring (bicyclic) bond motifs is 2. The van der Waals surface area contributed by atoms with Crippen LogP contribution in [0.25, 0.3) is 10.9 Å². The van der Waals surface area contributed by atoms with Gasteiger partial charge in [-0.15, -0.1) is 0 Å². The summed E-state index contributed by atoms with van der Waals surface area (Å²) in [7, 11) is -3.81. The minimum atomic E-state index is -3.81. The summed E-state index contributed by atoms with van der Waals surface area (Å²) in [5.41, 5.74) is 1.79. The van der Waals surface area contributed by atoms with Crippen molar-refractivity contribution >= 4 is 26.6 Å². The fraction of sp³-hybridized carbons (Fsp3) is 0.222. The molecule has 8 heteroatoms. The van der Waals surface area contributed by atoms with Crippen LogP contribution < -0.4 is 15.6 Å². The Morgan fingerprint density at radius 3 is 2.69 bits per heavy atom. The molecule has 0 saturated heterocycles. The third-order valence-electron chi connectivity index (χ3n) is 4.72. The van der Waals surface area contributed by atoms with E-state index in [4.69, 9.17) is 0 Å². The molecule has 2 aromatic carbocycles. The van der Waals surface area contributed by atoms with Gasteiger partial charge in [-0.3, -0.25) is 14.1 Å². The molecule has 2 N–H and O–H groups in total. The molecule has 0 saturated carbocycles. The molecule has 0 unspecified atom stereocenters. The van der Waals surface area contributed by atoms with Crippen molar-refractivity contribution in [3.8, 4) is 0 Å². The first kappa shape index (κ1) is 16.6. The Bertz CT molecular complexity index is 1240. The lowest BCUT2D eigenvalue weighted by atomic mass is 10.1. The minimum Gasteiger partial charge on any atom is -0.307 e. The number of nitrogens with zero attached hydrogens (tertiary/aromatic N) is 1. The van der Waals surface area contributed by atoms with E-state index in [0.29, 0.717) is 18.5 Å². The molecule has 0 fully saturated rings. The molecule has 3 aromatic rings. The number of hydrogen-bond acceptors (Lipinski definition) is 4. The number of anilines is 1. The third kappa shape index (κ3) is 2.45. The van der Waals surface area contributed by atoms with Crippen molar-refractivity contribution in [2.75, 3.05) is 10.8 Å². The summed E-state index contributed by atoms with van der Waals surface area (Å²) in [5, 5.41) is 0.133. The number of aryl methyl sites for hydroxylation is 1. The zero-order chi connectivity index (χ0) is 18.5. The van der Waals surface area contributed by atoms with Crippen LogP contribution in [0.2, 0.25) is 0 Å². The van der Waals surface area contributed by atoms with Crippen molar-refractivity contribution in [2.45, 2.75) is 24.7 Å². The van der Waals surface area contributed by atoms with Crippen LogP contribution in [-0.4, -0.2) is 24.9 Å². The zero-order valence-corrected chi connectivity index (χ0v) is 14.9. The lowest BCUT2D eigenvalue weighted by molar-refractivity contribution is 0.592. The van der Waals surface area contributed by atoms with Gasteiger partial charge < -0.3 is 4.98 Å². The van der Waals surface area contributed by atoms with Gasteiger partial charge >= 0.3 is 5.69 Å². The lowest BCUT2D eigenvalue weighted by Gasteiger charge is -2.22. The van der Waals surface area contributed by atoms with Crippen molar-refractivity contribution < 1.29 is 8.42 Å². The average molecular weight is 371 g/mol. The Morgan fingerprint density at radius 1 is 1.12 bits per heavy atom. The van der Waals surface area contributed by atoms with Gasteiger partial charge in [0.1, 0.15) is 0 Å². The molecule has 4 rings (SSSR count). The van der Waals surface area contributed by atoms with Crippen LogP contribution in [0.15, 0.2) is 50.9 Å². The first-order valence-electron chi connectivity index (χ1n) is 8.31. The quantitative estimate of drug-likeness (QED) is 0.729. The van der Waals surface area contributed by atoms with E-state index in [1.807, 2.05) is 25.1 Å². The number of H-pyrrole nitrogens is 2. The molecule has 26 heavy (non-hydrogen) atoms. The van der Waals surface area contributed by atoms with Crippen molar-refractivity contribution in [3.63, 3.8) is 0 Å². The van der Waals surface area contributed by atoms with Crippen LogP contribution in [0.3, 0.4) is 0 Å². The highest BCUT2D eigenvalue weighted by molar-refractivity contribution is 7.92. The fourth-order valence-electron chi connectivity index (χ4n) is 3.46. The first-order chi connectivity index (χ1) is 12.4. The second kappa shape index (κ2) is 5.84. The number of nitrogens with one attached hydrogen (secondary N) is 2. The summed E-state index contributed by atoms with van der Waals surface area (Å²) in [6.45, 7) is 2.36. The highest BCUT2D eigenvalue weighted by atomic mass is 32.2. The monoisotopic (exact) mass is 371 g/mol. The Balaban J connectivity index is 1.89. The van der Waals surface area contributed by atoms with Crippen molar-refractivity contribution in [2.24, 2.45) is 0 Å². The summed E-state index contributed by atoms with van der Waals surface area (Å²) in [6, 6.07) is 10.00. The highest BCUT2D eigenvalue weighted by Crippen LogP contribution is 2.36. The molecule has 134 valence electrons. The van der Waals surface area contributed by atoms with Gasteiger partial charge in [0.05, 0.1) is 21.5 Å². The summed E-state index contributed by atoms with van der Waals surface area (Å²) in [6.07, 6.45) is 1.39. The molecule has 0 atom stereocenters. The summed E-state index contributed by atoms with van der Waals surface area (Å²) < 4.78 is 27.9. The van der Waals surface area contributed by atoms with E-state index in [1.54, 1.807) is 0 Å². The van der Waals surface area contributed by atoms with E-state index in [2.05, 4.69) is 9.97 Å². The van der Waals surface area contributed by atoms with Gasteiger partial charge in [0.15, 0.2) is 0 Å². The van der Waals surface area contributed by atoms with Crippen LogP contribution in [-0.2, 0) is 22.9 Å². The molecule has 2 heterocycles. The van der Waals surface area contributed by atoms with E-state index in [-0.39, 0.29) is 10.3 Å². The van der Waals surface area contributed by atoms with Crippen LogP contribution in [0.5, 0.6) is 0 Å². The van der Waals surface area contributed by atoms with Gasteiger partial charge in [0.25, 0.3) is 15.6 Å². The third-order valence-corrected chi connectivity index (χ3v) is 6.51. The molecule has 7 nitrogen and oxygen atoms in total. The van der Waals surface area contributed by atoms with E-state index in [0.717, 1.165) is 23.2 Å². The van der Waals surface area contributed by atoms with Gasteiger partial charge in [0, 0.05) is 6.54 Å². The molecular formula is C18H17N3O4S. The summed E-state index contributed by atoms with van der Waals surface area (Å²) in [4.78, 5) is 28.0. The second-order valence-corrected chi connectivity index (χ2v) is 8.08. The number of para-hydroxylation sites is 1. The summed E-state index contributed by atoms with van der Waals surface area (Å²) in [5.74, 6) is 0. The first-order valence-corrected chi connectivity index (χ1v) is 9.75. The normalized spacial score (nSPS) is 14.0. The molecule has 0 bridgehead atoms. The van der Waals surface area contributed by atoms with Crippen LogP contribution in [0, 0.1) is 0 Å². The molecule has 1 aromatic heterocycles. The Hall–Kier alpha value is -2.87. The maximum atomic E-state index is 13.2. The molecule has 0 radical (unpaired) electrons. The van der Waals surface area contributed by atoms with Gasteiger partial charge in [-0.1, -0.05) is 25.1 Å². The van der Waals surface area contributed by atoms with Gasteiger partial charge in [0.2, 0.25) is 0 Å². The molecule has 0 spiro atoms. The second-order valence-electron chi connectivity index (χ2n) is 6.22. The largest absolute Gasteiger partial charge is 0.326 e. The average Bonchev–Trinajstić information content (AvgIpc) is 3.06. The molecular weight excluding hydrogens is 354 g/mol. The minimum absolute atomic E-state index is 0.0290. The molecule has 0 amide bonds. The predicted octanol–water partition coefficient (Wildman–Crippen LogP) is 1.53. The highest BCUT2D eigenvalue weighted by Gasteiger charge is 2.32. The Morgan fingerprint density at radius 2 is 1.92 bits per heavy atom. The smallest absolute Gasteiger partial charge is 0.307 e. The zero-order valence-electron chi connectivity index (χ0n) is 14.1. The van der Waals surface area contributed by atoms with Crippen molar-refractivity contribution in [1.29, 1.82) is 0 Å².